The Balaban J connectivity index is 0.00000176. The first-order chi connectivity index (χ1) is 17.5. The van der Waals surface area contributed by atoms with Crippen LogP contribution in [0.1, 0.15) is 20.8 Å². The molecule has 2 N–H and O–H groups in total. The van der Waals surface area contributed by atoms with Crippen LogP contribution in [0, 0.1) is 0 Å². The second-order valence-corrected chi connectivity index (χ2v) is 8.72. The molecule has 0 bridgehead atoms. The maximum absolute atomic E-state index is 11.9. The van der Waals surface area contributed by atoms with Crippen molar-refractivity contribution in [2.45, 2.75) is 20.8 Å². The molecule has 36 heavy (non-hydrogen) atoms. The molecule has 3 aromatic rings. The smallest absolute Gasteiger partial charge is 0.238 e. The fourth-order valence-electron chi connectivity index (χ4n) is 4.00. The number of anilines is 4. The number of amides is 1. The number of rotatable bonds is 8. The molecule has 0 saturated carbocycles. The van der Waals surface area contributed by atoms with E-state index in [1.165, 1.54) is 5.69 Å². The highest BCUT2D eigenvalue weighted by Gasteiger charge is 2.15. The first kappa shape index (κ1) is 27.1. The summed E-state index contributed by atoms with van der Waals surface area (Å²) in [5.41, 5.74) is 4.73. The molecule has 4 rings (SSSR count). The Morgan fingerprint density at radius 3 is 2.17 bits per heavy atom. The van der Waals surface area contributed by atoms with E-state index in [1.54, 1.807) is 6.20 Å². The number of aromatic nitrogens is 2. The van der Waals surface area contributed by atoms with Crippen LogP contribution in [-0.4, -0.2) is 79.0 Å². The van der Waals surface area contributed by atoms with Crippen molar-refractivity contribution in [3.8, 4) is 11.3 Å². The van der Waals surface area contributed by atoms with Crippen molar-refractivity contribution in [3.05, 3.63) is 60.8 Å². The van der Waals surface area contributed by atoms with E-state index in [2.05, 4.69) is 61.6 Å². The molecular weight excluding hydrogens is 450 g/mol. The number of carbonyl (C=O) groups is 1. The Hall–Kier alpha value is -3.49. The number of hydrogen-bond donors (Lipinski definition) is 2. The Kier molecular flexibility index (Phi) is 10.2. The summed E-state index contributed by atoms with van der Waals surface area (Å²) in [4.78, 5) is 27.7. The molecule has 2 heterocycles. The lowest BCUT2D eigenvalue weighted by atomic mass is 10.1. The van der Waals surface area contributed by atoms with Crippen molar-refractivity contribution in [2.24, 2.45) is 0 Å². The van der Waals surface area contributed by atoms with Crippen LogP contribution >= 0.6 is 0 Å². The molecule has 1 aliphatic rings. The van der Waals surface area contributed by atoms with Gasteiger partial charge in [0.1, 0.15) is 0 Å². The standard InChI is InChI=1S/C26H33N7O.C2H6/c1-4-32-15-17-33(18-16-32)23-11-9-22(10-12-23)29-26-27-14-13-24(30-26)20-5-7-21(8-6-20)28-25(34)19-31(2)3;1-2/h5-14H,4,15-19H2,1-3H3,(H,28,34)(H,27,29,30);1-2H3. The molecular formula is C28H39N7O. The van der Waals surface area contributed by atoms with Gasteiger partial charge in [0.25, 0.3) is 0 Å². The number of hydrogen-bond acceptors (Lipinski definition) is 7. The Morgan fingerprint density at radius 2 is 1.56 bits per heavy atom. The fourth-order valence-corrected chi connectivity index (χ4v) is 4.00. The highest BCUT2D eigenvalue weighted by molar-refractivity contribution is 5.92. The molecule has 1 aromatic heterocycles. The molecule has 1 amide bonds. The molecule has 0 radical (unpaired) electrons. The highest BCUT2D eigenvalue weighted by Crippen LogP contribution is 2.23. The van der Waals surface area contributed by atoms with Crippen LogP contribution in [-0.2, 0) is 4.79 Å². The van der Waals surface area contributed by atoms with Crippen molar-refractivity contribution in [1.29, 1.82) is 0 Å². The van der Waals surface area contributed by atoms with Crippen LogP contribution < -0.4 is 15.5 Å². The summed E-state index contributed by atoms with van der Waals surface area (Å²) in [6.07, 6.45) is 1.75. The van der Waals surface area contributed by atoms with Gasteiger partial charge in [-0.15, -0.1) is 0 Å². The zero-order valence-corrected chi connectivity index (χ0v) is 22.2. The van der Waals surface area contributed by atoms with Gasteiger partial charge in [0.05, 0.1) is 12.2 Å². The van der Waals surface area contributed by atoms with Gasteiger partial charge in [0.15, 0.2) is 0 Å². The zero-order valence-electron chi connectivity index (χ0n) is 22.2. The molecule has 0 atom stereocenters. The van der Waals surface area contributed by atoms with Gasteiger partial charge in [0, 0.05) is 55.0 Å². The highest BCUT2D eigenvalue weighted by atomic mass is 16.2. The summed E-state index contributed by atoms with van der Waals surface area (Å²) in [6.45, 7) is 12.0. The lowest BCUT2D eigenvalue weighted by molar-refractivity contribution is -0.116. The third-order valence-corrected chi connectivity index (χ3v) is 5.89. The zero-order chi connectivity index (χ0) is 25.9. The van der Waals surface area contributed by atoms with Gasteiger partial charge in [-0.25, -0.2) is 9.97 Å². The summed E-state index contributed by atoms with van der Waals surface area (Å²) >= 11 is 0. The number of likely N-dealkylation sites (N-methyl/N-ethyl adjacent to an activating group) is 2. The number of nitrogens with one attached hydrogen (secondary N) is 2. The SMILES string of the molecule is CC.CCN1CCN(c2ccc(Nc3nccc(-c4ccc(NC(=O)CN(C)C)cc4)n3)cc2)CC1. The van der Waals surface area contributed by atoms with Gasteiger partial charge in [-0.2, -0.15) is 0 Å². The Morgan fingerprint density at radius 1 is 0.917 bits per heavy atom. The summed E-state index contributed by atoms with van der Waals surface area (Å²) < 4.78 is 0. The molecule has 2 aromatic carbocycles. The molecule has 8 nitrogen and oxygen atoms in total. The molecule has 192 valence electrons. The second kappa shape index (κ2) is 13.6. The molecule has 1 saturated heterocycles. The van der Waals surface area contributed by atoms with Gasteiger partial charge in [0.2, 0.25) is 11.9 Å². The second-order valence-electron chi connectivity index (χ2n) is 8.72. The van der Waals surface area contributed by atoms with Crippen LogP contribution in [0.4, 0.5) is 23.0 Å². The van der Waals surface area contributed by atoms with E-state index in [0.29, 0.717) is 12.5 Å². The minimum atomic E-state index is -0.0412. The van der Waals surface area contributed by atoms with Crippen LogP contribution in [0.15, 0.2) is 60.8 Å². The third kappa shape index (κ3) is 7.76. The van der Waals surface area contributed by atoms with E-state index in [-0.39, 0.29) is 5.91 Å². The predicted molar refractivity (Wildman–Crippen MR) is 150 cm³/mol. The fraction of sp³-hybridized carbons (Fsp3) is 0.393. The van der Waals surface area contributed by atoms with Gasteiger partial charge < -0.3 is 25.3 Å². The van der Waals surface area contributed by atoms with E-state index in [1.807, 2.05) is 63.2 Å². The van der Waals surface area contributed by atoms with Crippen molar-refractivity contribution in [2.75, 3.05) is 68.9 Å². The quantitative estimate of drug-likeness (QED) is 0.480. The molecule has 0 spiro atoms. The lowest BCUT2D eigenvalue weighted by Crippen LogP contribution is -2.46. The first-order valence-electron chi connectivity index (χ1n) is 12.7. The van der Waals surface area contributed by atoms with Crippen LogP contribution in [0.25, 0.3) is 11.3 Å². The maximum Gasteiger partial charge on any atom is 0.238 e. The average molecular weight is 490 g/mol. The molecule has 0 aliphatic carbocycles. The molecule has 1 fully saturated rings. The predicted octanol–water partition coefficient (Wildman–Crippen LogP) is 4.56. The summed E-state index contributed by atoms with van der Waals surface area (Å²) in [5, 5.41) is 6.20. The Labute approximate surface area is 215 Å². The van der Waals surface area contributed by atoms with E-state index in [4.69, 9.17) is 0 Å². The van der Waals surface area contributed by atoms with Crippen LogP contribution in [0.5, 0.6) is 0 Å². The summed E-state index contributed by atoms with van der Waals surface area (Å²) in [5.74, 6) is 0.505. The van der Waals surface area contributed by atoms with Crippen molar-refractivity contribution in [1.82, 2.24) is 19.8 Å². The summed E-state index contributed by atoms with van der Waals surface area (Å²) in [6, 6.07) is 18.0. The molecule has 8 heteroatoms. The van der Waals surface area contributed by atoms with Gasteiger partial charge >= 0.3 is 0 Å². The van der Waals surface area contributed by atoms with Gasteiger partial charge in [-0.05, 0) is 63.1 Å². The number of nitrogens with zero attached hydrogens (tertiary/aromatic N) is 5. The van der Waals surface area contributed by atoms with Crippen molar-refractivity contribution >= 4 is 28.9 Å². The molecule has 1 aliphatic heterocycles. The largest absolute Gasteiger partial charge is 0.369 e. The van der Waals surface area contributed by atoms with Crippen LogP contribution in [0.3, 0.4) is 0 Å². The number of carbonyl (C=O) groups excluding carboxylic acids is 1. The van der Waals surface area contributed by atoms with Gasteiger partial charge in [-0.1, -0.05) is 32.9 Å². The van der Waals surface area contributed by atoms with Gasteiger partial charge in [-0.3, -0.25) is 4.79 Å². The first-order valence-corrected chi connectivity index (χ1v) is 12.7. The summed E-state index contributed by atoms with van der Waals surface area (Å²) in [7, 11) is 3.73. The van der Waals surface area contributed by atoms with Crippen molar-refractivity contribution in [3.63, 3.8) is 0 Å². The Bertz CT molecular complexity index is 1080. The van der Waals surface area contributed by atoms with E-state index in [0.717, 1.165) is 55.4 Å². The minimum Gasteiger partial charge on any atom is -0.369 e. The van der Waals surface area contributed by atoms with E-state index >= 15 is 0 Å². The van der Waals surface area contributed by atoms with E-state index in [9.17, 15) is 4.79 Å². The van der Waals surface area contributed by atoms with Crippen molar-refractivity contribution < 1.29 is 4.79 Å². The average Bonchev–Trinajstić information content (AvgIpc) is 2.90. The minimum absolute atomic E-state index is 0.0412. The van der Waals surface area contributed by atoms with Crippen LogP contribution in [0.2, 0.25) is 0 Å². The maximum atomic E-state index is 11.9. The monoisotopic (exact) mass is 489 g/mol. The molecule has 0 unspecified atom stereocenters. The topological polar surface area (TPSA) is 76.6 Å². The number of benzene rings is 2. The van der Waals surface area contributed by atoms with E-state index < -0.39 is 0 Å². The normalized spacial score (nSPS) is 13.7. The third-order valence-electron chi connectivity index (χ3n) is 5.89. The lowest BCUT2D eigenvalue weighted by Gasteiger charge is -2.35. The number of piperazine rings is 1.